The van der Waals surface area contributed by atoms with Gasteiger partial charge in [-0.05, 0) is 36.1 Å². The molecule has 1 N–H and O–H groups in total. The molecule has 1 aromatic heterocycles. The predicted molar refractivity (Wildman–Crippen MR) is 114 cm³/mol. The molecular formula is C22H31ClN4O. The van der Waals surface area contributed by atoms with Gasteiger partial charge in [-0.2, -0.15) is 0 Å². The lowest BCUT2D eigenvalue weighted by atomic mass is 9.94. The minimum atomic E-state index is 0.234. The van der Waals surface area contributed by atoms with Crippen LogP contribution in [0, 0.1) is 5.41 Å². The highest BCUT2D eigenvalue weighted by Crippen LogP contribution is 2.22. The fourth-order valence-electron chi connectivity index (χ4n) is 3.78. The Bertz CT molecular complexity index is 743. The molecule has 1 fully saturated rings. The fourth-order valence-corrected chi connectivity index (χ4v) is 3.91. The molecule has 6 heteroatoms. The molecule has 1 aromatic carbocycles. The lowest BCUT2D eigenvalue weighted by Crippen LogP contribution is -2.54. The summed E-state index contributed by atoms with van der Waals surface area (Å²) in [7, 11) is 0. The van der Waals surface area contributed by atoms with E-state index < -0.39 is 0 Å². The molecule has 3 rings (SSSR count). The Balaban J connectivity index is 1.61. The summed E-state index contributed by atoms with van der Waals surface area (Å²) in [4.78, 5) is 14.0. The Morgan fingerprint density at radius 2 is 1.79 bits per heavy atom. The number of hydrogen-bond acceptors (Lipinski definition) is 5. The molecular weight excluding hydrogens is 372 g/mol. The second kappa shape index (κ2) is 9.31. The average molecular weight is 403 g/mol. The van der Waals surface area contributed by atoms with Crippen molar-refractivity contribution in [3.05, 3.63) is 47.2 Å². The van der Waals surface area contributed by atoms with Crippen molar-refractivity contribution < 1.29 is 5.11 Å². The van der Waals surface area contributed by atoms with Crippen LogP contribution in [0.4, 0.5) is 0 Å². The third-order valence-electron chi connectivity index (χ3n) is 5.04. The van der Waals surface area contributed by atoms with Crippen molar-refractivity contribution in [2.24, 2.45) is 5.41 Å². The summed E-state index contributed by atoms with van der Waals surface area (Å²) in [5.41, 5.74) is 2.35. The summed E-state index contributed by atoms with van der Waals surface area (Å²) in [5, 5.41) is 10.2. The molecule has 2 aromatic rings. The maximum absolute atomic E-state index is 9.49. The van der Waals surface area contributed by atoms with Gasteiger partial charge in [0.2, 0.25) is 0 Å². The number of aliphatic hydroxyl groups is 1. The Labute approximate surface area is 173 Å². The van der Waals surface area contributed by atoms with Crippen LogP contribution in [0.3, 0.4) is 0 Å². The van der Waals surface area contributed by atoms with Gasteiger partial charge in [-0.3, -0.25) is 9.80 Å². The normalized spacial score (nSPS) is 19.1. The van der Waals surface area contributed by atoms with E-state index in [1.165, 1.54) is 0 Å². The first-order valence-corrected chi connectivity index (χ1v) is 10.4. The van der Waals surface area contributed by atoms with Gasteiger partial charge in [0.05, 0.1) is 0 Å². The van der Waals surface area contributed by atoms with Crippen molar-refractivity contribution in [2.45, 2.75) is 39.8 Å². The van der Waals surface area contributed by atoms with E-state index in [-0.39, 0.29) is 12.0 Å². The van der Waals surface area contributed by atoms with Crippen LogP contribution >= 0.6 is 11.6 Å². The molecule has 0 amide bonds. The van der Waals surface area contributed by atoms with E-state index in [0.717, 1.165) is 50.3 Å². The predicted octanol–water partition coefficient (Wildman–Crippen LogP) is 3.71. The number of aromatic nitrogens is 2. The summed E-state index contributed by atoms with van der Waals surface area (Å²) >= 11 is 5.95. The molecule has 28 heavy (non-hydrogen) atoms. The highest BCUT2D eigenvalue weighted by atomic mass is 35.5. The van der Waals surface area contributed by atoms with Gasteiger partial charge in [-0.25, -0.2) is 9.97 Å². The molecule has 0 spiro atoms. The van der Waals surface area contributed by atoms with Crippen molar-refractivity contribution in [3.8, 4) is 11.4 Å². The monoisotopic (exact) mass is 402 g/mol. The van der Waals surface area contributed by atoms with E-state index in [1.807, 2.05) is 36.7 Å². The van der Waals surface area contributed by atoms with Crippen LogP contribution in [0.1, 0.15) is 32.8 Å². The van der Waals surface area contributed by atoms with Crippen LogP contribution in [-0.2, 0) is 6.54 Å². The number of nitrogens with zero attached hydrogens (tertiary/aromatic N) is 4. The molecule has 5 nitrogen and oxygen atoms in total. The Morgan fingerprint density at radius 1 is 1.11 bits per heavy atom. The molecule has 1 aliphatic rings. The largest absolute Gasteiger partial charge is 0.396 e. The van der Waals surface area contributed by atoms with E-state index in [9.17, 15) is 5.11 Å². The van der Waals surface area contributed by atoms with Crippen molar-refractivity contribution in [1.82, 2.24) is 19.8 Å². The second-order valence-corrected chi connectivity index (χ2v) is 9.29. The Hall–Kier alpha value is -1.53. The number of piperazine rings is 1. The molecule has 1 atom stereocenters. The van der Waals surface area contributed by atoms with Crippen LogP contribution in [0.5, 0.6) is 0 Å². The maximum atomic E-state index is 9.49. The minimum absolute atomic E-state index is 0.234. The zero-order valence-corrected chi connectivity index (χ0v) is 17.9. The van der Waals surface area contributed by atoms with Gasteiger partial charge in [-0.15, -0.1) is 0 Å². The molecule has 1 aliphatic heterocycles. The molecule has 2 heterocycles. The number of rotatable bonds is 6. The summed E-state index contributed by atoms with van der Waals surface area (Å²) in [6, 6.07) is 7.97. The van der Waals surface area contributed by atoms with E-state index in [0.29, 0.717) is 16.9 Å². The molecule has 0 unspecified atom stereocenters. The summed E-state index contributed by atoms with van der Waals surface area (Å²) in [6.07, 6.45) is 4.65. The van der Waals surface area contributed by atoms with Crippen molar-refractivity contribution in [3.63, 3.8) is 0 Å². The van der Waals surface area contributed by atoms with Crippen molar-refractivity contribution >= 4 is 11.6 Å². The summed E-state index contributed by atoms with van der Waals surface area (Å²) in [5.74, 6) is 0.716. The van der Waals surface area contributed by atoms with Gasteiger partial charge in [0.1, 0.15) is 0 Å². The van der Waals surface area contributed by atoms with Gasteiger partial charge in [0.15, 0.2) is 5.82 Å². The Kier molecular flexibility index (Phi) is 7.05. The van der Waals surface area contributed by atoms with E-state index in [4.69, 9.17) is 11.6 Å². The van der Waals surface area contributed by atoms with Crippen molar-refractivity contribution in [1.29, 1.82) is 0 Å². The SMILES string of the molecule is CC(C)(C)CN1CCN(Cc2cnc(-c3ccc(Cl)cc3)nc2)C[C@@H]1CCO. The number of benzene rings is 1. The van der Waals surface area contributed by atoms with Crippen molar-refractivity contribution in [2.75, 3.05) is 32.8 Å². The molecule has 0 aliphatic carbocycles. The molecule has 152 valence electrons. The summed E-state index contributed by atoms with van der Waals surface area (Å²) < 4.78 is 0. The highest BCUT2D eigenvalue weighted by Gasteiger charge is 2.29. The first-order valence-electron chi connectivity index (χ1n) is 9.98. The quantitative estimate of drug-likeness (QED) is 0.798. The van der Waals surface area contributed by atoms with Gasteiger partial charge in [0.25, 0.3) is 0 Å². The topological polar surface area (TPSA) is 52.5 Å². The second-order valence-electron chi connectivity index (χ2n) is 8.85. The molecule has 1 saturated heterocycles. The maximum Gasteiger partial charge on any atom is 0.159 e. The molecule has 0 bridgehead atoms. The first-order chi connectivity index (χ1) is 13.3. The third-order valence-corrected chi connectivity index (χ3v) is 5.29. The van der Waals surface area contributed by atoms with Crippen LogP contribution in [-0.4, -0.2) is 63.7 Å². The van der Waals surface area contributed by atoms with Gasteiger partial charge >= 0.3 is 0 Å². The first kappa shape index (κ1) is 21.2. The smallest absolute Gasteiger partial charge is 0.159 e. The zero-order chi connectivity index (χ0) is 20.1. The van der Waals surface area contributed by atoms with Gasteiger partial charge in [-0.1, -0.05) is 32.4 Å². The lowest BCUT2D eigenvalue weighted by Gasteiger charge is -2.43. The van der Waals surface area contributed by atoms with Crippen LogP contribution in [0.25, 0.3) is 11.4 Å². The average Bonchev–Trinajstić information content (AvgIpc) is 2.64. The summed E-state index contributed by atoms with van der Waals surface area (Å²) in [6.45, 7) is 12.0. The van der Waals surface area contributed by atoms with Crippen LogP contribution in [0.2, 0.25) is 5.02 Å². The Morgan fingerprint density at radius 3 is 2.39 bits per heavy atom. The zero-order valence-electron chi connectivity index (χ0n) is 17.1. The van der Waals surface area contributed by atoms with Gasteiger partial charge in [0, 0.05) is 73.9 Å². The van der Waals surface area contributed by atoms with Crippen LogP contribution in [0.15, 0.2) is 36.7 Å². The highest BCUT2D eigenvalue weighted by molar-refractivity contribution is 6.30. The standard InChI is InChI=1S/C22H31ClN4O/c1-22(2,3)16-27-10-9-26(15-20(27)8-11-28)14-17-12-24-21(25-13-17)18-4-6-19(23)7-5-18/h4-7,12-13,20,28H,8-11,14-16H2,1-3H3/t20-/m0/s1. The number of hydrogen-bond donors (Lipinski definition) is 1. The lowest BCUT2D eigenvalue weighted by molar-refractivity contribution is 0.0339. The minimum Gasteiger partial charge on any atom is -0.396 e. The van der Waals surface area contributed by atoms with Gasteiger partial charge < -0.3 is 5.11 Å². The van der Waals surface area contributed by atoms with Crippen LogP contribution < -0.4 is 0 Å². The third kappa shape index (κ3) is 5.98. The van der Waals surface area contributed by atoms with E-state index >= 15 is 0 Å². The van der Waals surface area contributed by atoms with E-state index in [2.05, 4.69) is 40.5 Å². The molecule has 0 radical (unpaired) electrons. The fraction of sp³-hybridized carbons (Fsp3) is 0.545. The number of aliphatic hydroxyl groups excluding tert-OH is 1. The number of halogens is 1. The van der Waals surface area contributed by atoms with E-state index in [1.54, 1.807) is 0 Å². The molecule has 0 saturated carbocycles.